The number of alkyl halides is 1. The molecule has 0 amide bonds. The molecule has 0 aliphatic carbocycles. The number of rotatable bonds is 8. The van der Waals surface area contributed by atoms with Gasteiger partial charge in [-0.2, -0.15) is 8.42 Å². The van der Waals surface area contributed by atoms with Gasteiger partial charge in [0.15, 0.2) is 0 Å². The van der Waals surface area contributed by atoms with Gasteiger partial charge in [-0.3, -0.25) is 0 Å². The second-order valence-electron chi connectivity index (χ2n) is 6.84. The van der Waals surface area contributed by atoms with Crippen LogP contribution in [0.4, 0.5) is 4.39 Å². The summed E-state index contributed by atoms with van der Waals surface area (Å²) in [7, 11) is -6.34. The van der Waals surface area contributed by atoms with Crippen molar-refractivity contribution in [2.24, 2.45) is 0 Å². The van der Waals surface area contributed by atoms with E-state index in [0.29, 0.717) is 18.1 Å². The Morgan fingerprint density at radius 1 is 1.11 bits per heavy atom. The minimum Gasteiger partial charge on any atom is -0.493 e. The van der Waals surface area contributed by atoms with Gasteiger partial charge in [0.05, 0.1) is 6.61 Å². The van der Waals surface area contributed by atoms with Crippen LogP contribution in [0, 0.1) is 0 Å². The van der Waals surface area contributed by atoms with Gasteiger partial charge in [0.2, 0.25) is 5.50 Å². The number of hydrogen-bond donors (Lipinski definition) is 0. The molecule has 0 N–H and O–H groups in total. The highest BCUT2D eigenvalue weighted by Gasteiger charge is 2.39. The third kappa shape index (κ3) is 4.25. The van der Waals surface area contributed by atoms with Crippen molar-refractivity contribution in [1.82, 2.24) is 0 Å². The van der Waals surface area contributed by atoms with E-state index < -0.39 is 25.9 Å². The second kappa shape index (κ2) is 8.37. The maximum Gasteiger partial charge on any atom is 0.309 e. The molecule has 4 nitrogen and oxygen atoms in total. The van der Waals surface area contributed by atoms with Crippen LogP contribution in [-0.2, 0) is 13.7 Å². The van der Waals surface area contributed by atoms with Crippen LogP contribution in [-0.4, -0.2) is 32.0 Å². The van der Waals surface area contributed by atoms with Crippen molar-refractivity contribution in [3.8, 4) is 5.75 Å². The first-order valence-electron chi connectivity index (χ1n) is 9.42. The molecule has 0 spiro atoms. The predicted octanol–water partition coefficient (Wildman–Crippen LogP) is 5.55. The normalized spacial score (nSPS) is 19.1. The van der Waals surface area contributed by atoms with Crippen LogP contribution >= 0.6 is 10.3 Å². The molecule has 2 aromatic rings. The smallest absolute Gasteiger partial charge is 0.309 e. The van der Waals surface area contributed by atoms with E-state index in [1.807, 2.05) is 36.4 Å². The minimum atomic E-state index is -4.25. The standard InChI is InChI=1S/C20H27FO4S2/c1-3-4-13-24-19-11-12-20(18-10-6-5-9-17(18)19)26(14-7-8-15-26)25-27(22,23)16(2)21/h5-6,9-12,16H,3-4,7-8,13-15H2,1-2H3. The lowest BCUT2D eigenvalue weighted by Gasteiger charge is -2.35. The van der Waals surface area contributed by atoms with Crippen molar-refractivity contribution >= 4 is 31.2 Å². The fourth-order valence-electron chi connectivity index (χ4n) is 3.35. The van der Waals surface area contributed by atoms with Crippen molar-refractivity contribution < 1.29 is 21.2 Å². The van der Waals surface area contributed by atoms with Gasteiger partial charge in [0.25, 0.3) is 0 Å². The summed E-state index contributed by atoms with van der Waals surface area (Å²) in [6.07, 6.45) is 3.79. The molecule has 1 heterocycles. The summed E-state index contributed by atoms with van der Waals surface area (Å²) in [6.45, 7) is 3.77. The average molecular weight is 415 g/mol. The Hall–Kier alpha value is -1.31. The zero-order chi connectivity index (χ0) is 19.5. The van der Waals surface area contributed by atoms with Gasteiger partial charge in [-0.25, -0.2) is 8.02 Å². The molecule has 1 unspecified atom stereocenters. The van der Waals surface area contributed by atoms with Crippen molar-refractivity contribution in [2.75, 3.05) is 18.1 Å². The molecular formula is C20H27FO4S2. The highest BCUT2D eigenvalue weighted by Crippen LogP contribution is 2.64. The van der Waals surface area contributed by atoms with Gasteiger partial charge in [0.1, 0.15) is 5.75 Å². The molecule has 1 fully saturated rings. The quantitative estimate of drug-likeness (QED) is 0.531. The lowest BCUT2D eigenvalue weighted by atomic mass is 10.1. The predicted molar refractivity (Wildman–Crippen MR) is 110 cm³/mol. The molecule has 0 radical (unpaired) electrons. The van der Waals surface area contributed by atoms with E-state index in [-0.39, 0.29) is 0 Å². The molecule has 1 aliphatic heterocycles. The molecule has 1 saturated heterocycles. The maximum atomic E-state index is 13.6. The lowest BCUT2D eigenvalue weighted by Crippen LogP contribution is -2.20. The Balaban J connectivity index is 2.07. The zero-order valence-corrected chi connectivity index (χ0v) is 17.5. The molecule has 2 aromatic carbocycles. The summed E-state index contributed by atoms with van der Waals surface area (Å²) in [5, 5.41) is 1.88. The van der Waals surface area contributed by atoms with Gasteiger partial charge in [-0.15, -0.1) is 0 Å². The SMILES string of the molecule is CCCCOc1ccc(S2(OS(=O)(=O)C(C)F)CCCC2)c2ccccc12. The molecule has 3 rings (SSSR count). The molecule has 1 atom stereocenters. The summed E-state index contributed by atoms with van der Waals surface area (Å²) < 4.78 is 49.7. The van der Waals surface area contributed by atoms with Gasteiger partial charge >= 0.3 is 10.1 Å². The van der Waals surface area contributed by atoms with Crippen molar-refractivity contribution in [3.05, 3.63) is 36.4 Å². The van der Waals surface area contributed by atoms with E-state index in [4.69, 9.17) is 8.37 Å². The van der Waals surface area contributed by atoms with Gasteiger partial charge in [0, 0.05) is 21.8 Å². The first kappa shape index (κ1) is 20.4. The fourth-order valence-corrected chi connectivity index (χ4v) is 8.96. The summed E-state index contributed by atoms with van der Waals surface area (Å²) in [5.74, 6) is 2.06. The van der Waals surface area contributed by atoms with Crippen LogP contribution < -0.4 is 4.74 Å². The first-order chi connectivity index (χ1) is 12.9. The highest BCUT2D eigenvalue weighted by atomic mass is 32.3. The summed E-state index contributed by atoms with van der Waals surface area (Å²) >= 11 is 0. The summed E-state index contributed by atoms with van der Waals surface area (Å²) in [4.78, 5) is 0.877. The molecule has 0 aromatic heterocycles. The van der Waals surface area contributed by atoms with Crippen molar-refractivity contribution in [2.45, 2.75) is 49.9 Å². The number of benzene rings is 2. The summed E-state index contributed by atoms with van der Waals surface area (Å²) in [5.41, 5.74) is -2.04. The second-order valence-corrected chi connectivity index (χ2v) is 11.9. The number of fused-ring (bicyclic) bond motifs is 1. The van der Waals surface area contributed by atoms with Crippen LogP contribution in [0.5, 0.6) is 5.75 Å². The molecule has 7 heteroatoms. The van der Waals surface area contributed by atoms with Crippen molar-refractivity contribution in [3.63, 3.8) is 0 Å². The van der Waals surface area contributed by atoms with Gasteiger partial charge in [-0.05, 0) is 43.7 Å². The van der Waals surface area contributed by atoms with Gasteiger partial charge in [-0.1, -0.05) is 47.9 Å². The third-order valence-corrected chi connectivity index (χ3v) is 10.5. The highest BCUT2D eigenvalue weighted by molar-refractivity contribution is 8.33. The largest absolute Gasteiger partial charge is 0.493 e. The van der Waals surface area contributed by atoms with E-state index in [2.05, 4.69) is 6.92 Å². The number of unbranched alkanes of at least 4 members (excludes halogenated alkanes) is 1. The Labute approximate surface area is 162 Å². The molecule has 27 heavy (non-hydrogen) atoms. The fraction of sp³-hybridized carbons (Fsp3) is 0.500. The van der Waals surface area contributed by atoms with Gasteiger partial charge < -0.3 is 4.74 Å². The van der Waals surface area contributed by atoms with E-state index in [0.717, 1.165) is 54.0 Å². The monoisotopic (exact) mass is 414 g/mol. The van der Waals surface area contributed by atoms with E-state index in [9.17, 15) is 12.8 Å². The molecular weight excluding hydrogens is 387 g/mol. The zero-order valence-electron chi connectivity index (χ0n) is 15.8. The number of ether oxygens (including phenoxy) is 1. The number of halogens is 1. The first-order valence-corrected chi connectivity index (χ1v) is 12.8. The van der Waals surface area contributed by atoms with E-state index >= 15 is 0 Å². The topological polar surface area (TPSA) is 52.6 Å². The van der Waals surface area contributed by atoms with Crippen LogP contribution in [0.2, 0.25) is 0 Å². The Kier molecular flexibility index (Phi) is 6.33. The minimum absolute atomic E-state index is 0.638. The van der Waals surface area contributed by atoms with Crippen LogP contribution in [0.1, 0.15) is 39.5 Å². The van der Waals surface area contributed by atoms with E-state index in [1.54, 1.807) is 0 Å². The van der Waals surface area contributed by atoms with Crippen LogP contribution in [0.15, 0.2) is 41.3 Å². The molecule has 150 valence electrons. The molecule has 0 bridgehead atoms. The van der Waals surface area contributed by atoms with Crippen LogP contribution in [0.3, 0.4) is 0 Å². The lowest BCUT2D eigenvalue weighted by molar-refractivity contribution is 0.313. The third-order valence-electron chi connectivity index (χ3n) is 4.82. The van der Waals surface area contributed by atoms with E-state index in [1.165, 1.54) is 0 Å². The maximum absolute atomic E-state index is 13.6. The van der Waals surface area contributed by atoms with Crippen molar-refractivity contribution in [1.29, 1.82) is 0 Å². The Morgan fingerprint density at radius 2 is 1.78 bits per heavy atom. The molecule has 1 aliphatic rings. The number of hydrogen-bond acceptors (Lipinski definition) is 4. The van der Waals surface area contributed by atoms with Crippen LogP contribution in [0.25, 0.3) is 10.8 Å². The Morgan fingerprint density at radius 3 is 2.41 bits per heavy atom. The molecule has 0 saturated carbocycles. The average Bonchev–Trinajstić information content (AvgIpc) is 3.10. The summed E-state index contributed by atoms with van der Waals surface area (Å²) in [6, 6.07) is 11.6. The Bertz CT molecular complexity index is 890.